The van der Waals surface area contributed by atoms with Gasteiger partial charge in [-0.25, -0.2) is 4.98 Å². The van der Waals surface area contributed by atoms with E-state index >= 15 is 0 Å². The van der Waals surface area contributed by atoms with Crippen molar-refractivity contribution in [3.8, 4) is 17.2 Å². The van der Waals surface area contributed by atoms with Crippen LogP contribution >= 0.6 is 0 Å². The van der Waals surface area contributed by atoms with Crippen LogP contribution in [0.15, 0.2) is 89.7 Å². The first-order valence-electron chi connectivity index (χ1n) is 17.1. The zero-order chi connectivity index (χ0) is 33.8. The zero-order valence-electron chi connectivity index (χ0n) is 28.6. The number of carbonyl (C=O) groups excluding carboxylic acids is 1. The molecule has 7 rings (SSSR count). The second kappa shape index (κ2) is 14.3. The number of furan rings is 1. The number of anilines is 1. The molecule has 2 aliphatic rings. The molecule has 2 saturated heterocycles. The number of nitrogens with zero attached hydrogens (tertiary/aromatic N) is 4. The fourth-order valence-electron chi connectivity index (χ4n) is 7.67. The first kappa shape index (κ1) is 32.6. The van der Waals surface area contributed by atoms with Gasteiger partial charge in [-0.3, -0.25) is 4.79 Å². The van der Waals surface area contributed by atoms with Crippen LogP contribution in [0.4, 0.5) is 5.95 Å². The van der Waals surface area contributed by atoms with Crippen LogP contribution in [0.1, 0.15) is 47.2 Å². The number of carbonyl (C=O) groups is 1. The Labute approximate surface area is 287 Å². The van der Waals surface area contributed by atoms with Crippen molar-refractivity contribution < 1.29 is 23.4 Å². The number of ether oxygens (including phenoxy) is 3. The van der Waals surface area contributed by atoms with Crippen LogP contribution in [0.5, 0.6) is 17.2 Å². The summed E-state index contributed by atoms with van der Waals surface area (Å²) in [5.74, 6) is 2.32. The minimum absolute atomic E-state index is 0.0267. The predicted octanol–water partition coefficient (Wildman–Crippen LogP) is 6.53. The maximum absolute atomic E-state index is 13.9. The number of methoxy groups -OCH3 is 3. The Hall–Kier alpha value is -4.96. The van der Waals surface area contributed by atoms with Crippen LogP contribution in [0.25, 0.3) is 11.0 Å². The summed E-state index contributed by atoms with van der Waals surface area (Å²) in [6.07, 6.45) is 7.53. The van der Waals surface area contributed by atoms with Crippen LogP contribution in [-0.2, 0) is 12.0 Å². The van der Waals surface area contributed by atoms with E-state index in [-0.39, 0.29) is 11.3 Å². The molecule has 0 spiro atoms. The summed E-state index contributed by atoms with van der Waals surface area (Å²) >= 11 is 0. The summed E-state index contributed by atoms with van der Waals surface area (Å²) in [6.45, 7) is 5.08. The molecule has 1 unspecified atom stereocenters. The molecule has 10 nitrogen and oxygen atoms in total. The van der Waals surface area contributed by atoms with Gasteiger partial charge in [0.25, 0.3) is 5.91 Å². The molecule has 49 heavy (non-hydrogen) atoms. The number of benzene rings is 3. The largest absolute Gasteiger partial charge is 0.493 e. The number of H-pyrrole nitrogens is 1. The first-order chi connectivity index (χ1) is 24.0. The lowest BCUT2D eigenvalue weighted by molar-refractivity contribution is 0.0779. The van der Waals surface area contributed by atoms with E-state index in [4.69, 9.17) is 23.6 Å². The molecule has 2 fully saturated rings. The van der Waals surface area contributed by atoms with Gasteiger partial charge in [0.15, 0.2) is 11.5 Å². The SMILES string of the molecule is COc1cc(C(=O)N2CCC(CCN3CCC(N(Cc4ccoc4)c4nc5ccccc5[nH]4)CC3)(c3ccccc3)C2)cc(OC)c1OC. The summed E-state index contributed by atoms with van der Waals surface area (Å²) in [5.41, 5.74) is 4.86. The molecule has 0 radical (unpaired) electrons. The number of rotatable bonds is 12. The summed E-state index contributed by atoms with van der Waals surface area (Å²) in [4.78, 5) is 29.5. The number of hydrogen-bond donors (Lipinski definition) is 1. The maximum Gasteiger partial charge on any atom is 0.254 e. The number of imidazole rings is 1. The second-order valence-electron chi connectivity index (χ2n) is 13.2. The van der Waals surface area contributed by atoms with Gasteiger partial charge in [-0.2, -0.15) is 0 Å². The zero-order valence-corrected chi connectivity index (χ0v) is 28.6. The molecule has 0 bridgehead atoms. The van der Waals surface area contributed by atoms with Crippen molar-refractivity contribution in [2.75, 3.05) is 59.0 Å². The predicted molar refractivity (Wildman–Crippen MR) is 190 cm³/mol. The molecule has 10 heteroatoms. The highest BCUT2D eigenvalue weighted by atomic mass is 16.5. The van der Waals surface area contributed by atoms with Crippen molar-refractivity contribution in [2.24, 2.45) is 0 Å². The highest BCUT2D eigenvalue weighted by Crippen LogP contribution is 2.41. The average molecular weight is 664 g/mol. The molecule has 256 valence electrons. The Bertz CT molecular complexity index is 1790. The Morgan fingerprint density at radius 2 is 1.69 bits per heavy atom. The first-order valence-corrected chi connectivity index (χ1v) is 17.1. The molecule has 1 amide bonds. The van der Waals surface area contributed by atoms with Gasteiger partial charge in [0.2, 0.25) is 11.7 Å². The molecule has 5 aromatic rings. The highest BCUT2D eigenvalue weighted by Gasteiger charge is 2.42. The van der Waals surface area contributed by atoms with E-state index in [2.05, 4.69) is 57.2 Å². The van der Waals surface area contributed by atoms with Crippen LogP contribution in [0, 0.1) is 0 Å². The molecule has 4 heterocycles. The molecule has 1 N–H and O–H groups in total. The van der Waals surface area contributed by atoms with Gasteiger partial charge >= 0.3 is 0 Å². The summed E-state index contributed by atoms with van der Waals surface area (Å²) in [5, 5.41) is 0. The van der Waals surface area contributed by atoms with Gasteiger partial charge in [-0.05, 0) is 68.1 Å². The number of para-hydroxylation sites is 2. The molecule has 0 saturated carbocycles. The van der Waals surface area contributed by atoms with Crippen molar-refractivity contribution in [3.63, 3.8) is 0 Å². The average Bonchev–Trinajstić information content (AvgIpc) is 3.93. The number of piperidine rings is 1. The lowest BCUT2D eigenvalue weighted by Crippen LogP contribution is -2.46. The third kappa shape index (κ3) is 6.70. The van der Waals surface area contributed by atoms with Crippen LogP contribution in [-0.4, -0.2) is 85.8 Å². The fraction of sp³-hybridized carbons (Fsp3) is 0.385. The standard InChI is InChI=1S/C39H45N5O5/c1-46-34-23-29(24-35(47-2)36(34)48-3)37(45)43-21-17-39(27-43,30-9-5-4-6-10-30)16-20-42-18-13-31(14-19-42)44(25-28-15-22-49-26-28)38-40-32-11-7-8-12-33(32)41-38/h4-12,15,22-24,26,31H,13-14,16-21,25,27H2,1-3H3,(H,40,41). The van der Waals surface area contributed by atoms with E-state index < -0.39 is 0 Å². The van der Waals surface area contributed by atoms with E-state index in [1.54, 1.807) is 39.7 Å². The molecular weight excluding hydrogens is 618 g/mol. The molecule has 2 aromatic heterocycles. The molecule has 1 atom stereocenters. The number of aromatic nitrogens is 2. The van der Waals surface area contributed by atoms with Gasteiger partial charge in [0, 0.05) is 55.3 Å². The van der Waals surface area contributed by atoms with Crippen molar-refractivity contribution >= 4 is 22.9 Å². The number of amides is 1. The van der Waals surface area contributed by atoms with Crippen molar-refractivity contribution in [1.82, 2.24) is 19.8 Å². The monoisotopic (exact) mass is 663 g/mol. The number of likely N-dealkylation sites (tertiary alicyclic amines) is 2. The van der Waals surface area contributed by atoms with E-state index in [0.29, 0.717) is 41.9 Å². The number of nitrogens with one attached hydrogen (secondary N) is 1. The third-order valence-electron chi connectivity index (χ3n) is 10.4. The van der Waals surface area contributed by atoms with Gasteiger partial charge in [-0.1, -0.05) is 42.5 Å². The topological polar surface area (TPSA) is 96.3 Å². The van der Waals surface area contributed by atoms with Crippen molar-refractivity contribution in [3.05, 3.63) is 102 Å². The van der Waals surface area contributed by atoms with Gasteiger partial charge in [-0.15, -0.1) is 0 Å². The lowest BCUT2D eigenvalue weighted by Gasteiger charge is -2.40. The summed E-state index contributed by atoms with van der Waals surface area (Å²) in [7, 11) is 4.71. The van der Waals surface area contributed by atoms with Crippen molar-refractivity contribution in [2.45, 2.75) is 43.7 Å². The van der Waals surface area contributed by atoms with Gasteiger partial charge in [0.05, 0.1) is 44.9 Å². The van der Waals surface area contributed by atoms with E-state index in [1.807, 2.05) is 29.4 Å². The Morgan fingerprint density at radius 3 is 2.37 bits per heavy atom. The normalized spacial score (nSPS) is 18.6. The summed E-state index contributed by atoms with van der Waals surface area (Å²) in [6, 6.07) is 24.8. The van der Waals surface area contributed by atoms with E-state index in [0.717, 1.165) is 74.4 Å². The minimum Gasteiger partial charge on any atom is -0.493 e. The van der Waals surface area contributed by atoms with Gasteiger partial charge in [0.1, 0.15) is 0 Å². The fourth-order valence-corrected chi connectivity index (χ4v) is 7.67. The number of hydrogen-bond acceptors (Lipinski definition) is 8. The van der Waals surface area contributed by atoms with Crippen LogP contribution < -0.4 is 19.1 Å². The second-order valence-corrected chi connectivity index (χ2v) is 13.2. The Morgan fingerprint density at radius 1 is 0.959 bits per heavy atom. The van der Waals surface area contributed by atoms with Crippen molar-refractivity contribution in [1.29, 1.82) is 0 Å². The smallest absolute Gasteiger partial charge is 0.254 e. The molecule has 2 aliphatic heterocycles. The third-order valence-corrected chi connectivity index (χ3v) is 10.4. The van der Waals surface area contributed by atoms with E-state index in [9.17, 15) is 4.79 Å². The lowest BCUT2D eigenvalue weighted by atomic mass is 9.76. The van der Waals surface area contributed by atoms with Gasteiger partial charge < -0.3 is 38.3 Å². The van der Waals surface area contributed by atoms with Crippen LogP contribution in [0.2, 0.25) is 0 Å². The Balaban J connectivity index is 1.04. The quantitative estimate of drug-likeness (QED) is 0.161. The minimum atomic E-state index is -0.129. The number of fused-ring (bicyclic) bond motifs is 1. The highest BCUT2D eigenvalue weighted by molar-refractivity contribution is 5.96. The summed E-state index contributed by atoms with van der Waals surface area (Å²) < 4.78 is 22.0. The molecular formula is C39H45N5O5. The molecule has 3 aromatic carbocycles. The molecule has 0 aliphatic carbocycles. The Kier molecular flexibility index (Phi) is 9.48. The number of aromatic amines is 1. The maximum atomic E-state index is 13.9. The van der Waals surface area contributed by atoms with E-state index in [1.165, 1.54) is 5.56 Å². The van der Waals surface area contributed by atoms with Crippen LogP contribution in [0.3, 0.4) is 0 Å².